The number of sulfone groups is 1. The molecule has 1 aromatic carbocycles. The molecule has 1 amide bonds. The highest BCUT2D eigenvalue weighted by atomic mass is 79.9. The monoisotopic (exact) mass is 484 g/mol. The van der Waals surface area contributed by atoms with Gasteiger partial charge in [0.25, 0.3) is 0 Å². The quantitative estimate of drug-likeness (QED) is 0.443. The average molecular weight is 485 g/mol. The van der Waals surface area contributed by atoms with Crippen molar-refractivity contribution in [2.45, 2.75) is 24.2 Å². The van der Waals surface area contributed by atoms with Gasteiger partial charge in [-0.25, -0.2) is 8.42 Å². The van der Waals surface area contributed by atoms with E-state index in [9.17, 15) is 13.2 Å². The van der Waals surface area contributed by atoms with Gasteiger partial charge in [-0.15, -0.1) is 16.8 Å². The zero-order valence-electron chi connectivity index (χ0n) is 15.4. The Kier molecular flexibility index (Phi) is 6.61. The van der Waals surface area contributed by atoms with E-state index in [0.29, 0.717) is 23.9 Å². The second kappa shape index (κ2) is 8.79. The lowest BCUT2D eigenvalue weighted by atomic mass is 10.2. The lowest BCUT2D eigenvalue weighted by Gasteiger charge is -2.23. The summed E-state index contributed by atoms with van der Waals surface area (Å²) in [4.78, 5) is 14.1. The molecule has 1 aromatic heterocycles. The summed E-state index contributed by atoms with van der Waals surface area (Å²) in [5.41, 5.74) is 0.920. The van der Waals surface area contributed by atoms with Crippen molar-refractivity contribution in [3.63, 3.8) is 0 Å². The van der Waals surface area contributed by atoms with E-state index in [1.54, 1.807) is 18.0 Å². The van der Waals surface area contributed by atoms with Gasteiger partial charge in [-0.1, -0.05) is 45.9 Å². The number of rotatable bonds is 7. The molecule has 10 heteroatoms. The SMILES string of the molecule is C=CCn1c(SCC(=O)N(C)[C@H]2CCS(=O)(=O)C2)nnc1-c1ccc(Br)cc1. The van der Waals surface area contributed by atoms with Crippen molar-refractivity contribution in [3.8, 4) is 11.4 Å². The summed E-state index contributed by atoms with van der Waals surface area (Å²) >= 11 is 4.71. The minimum Gasteiger partial charge on any atom is -0.341 e. The molecule has 2 aromatic rings. The van der Waals surface area contributed by atoms with Gasteiger partial charge in [-0.2, -0.15) is 0 Å². The van der Waals surface area contributed by atoms with Crippen LogP contribution in [0.3, 0.4) is 0 Å². The first-order valence-corrected chi connectivity index (χ1v) is 12.3. The van der Waals surface area contributed by atoms with Crippen molar-refractivity contribution in [3.05, 3.63) is 41.4 Å². The van der Waals surface area contributed by atoms with Crippen LogP contribution in [0.4, 0.5) is 0 Å². The maximum Gasteiger partial charge on any atom is 0.233 e. The van der Waals surface area contributed by atoms with E-state index < -0.39 is 9.84 Å². The van der Waals surface area contributed by atoms with Gasteiger partial charge in [0.15, 0.2) is 20.8 Å². The maximum absolute atomic E-state index is 12.5. The van der Waals surface area contributed by atoms with E-state index in [4.69, 9.17) is 0 Å². The Morgan fingerprint density at radius 3 is 2.71 bits per heavy atom. The number of nitrogens with zero attached hydrogens (tertiary/aromatic N) is 4. The van der Waals surface area contributed by atoms with E-state index in [2.05, 4.69) is 32.7 Å². The number of benzene rings is 1. The second-order valence-electron chi connectivity index (χ2n) is 6.56. The first kappa shape index (κ1) is 21.1. The van der Waals surface area contributed by atoms with Crippen LogP contribution in [0.15, 0.2) is 46.5 Å². The normalized spacial score (nSPS) is 18.1. The molecule has 28 heavy (non-hydrogen) atoms. The standard InChI is InChI=1S/C18H21BrN4O3S2/c1-3-9-23-17(13-4-6-14(19)7-5-13)20-21-18(23)27-11-16(24)22(2)15-8-10-28(25,26)12-15/h3-7,15H,1,8-12H2,2H3/t15-/m0/s1. The first-order valence-electron chi connectivity index (χ1n) is 8.69. The van der Waals surface area contributed by atoms with Crippen LogP contribution in [-0.4, -0.2) is 64.3 Å². The molecule has 1 aliphatic heterocycles. The van der Waals surface area contributed by atoms with Crippen molar-refractivity contribution in [1.29, 1.82) is 0 Å². The Labute approximate surface area is 177 Å². The number of aromatic nitrogens is 3. The summed E-state index contributed by atoms with van der Waals surface area (Å²) in [6, 6.07) is 7.51. The number of allylic oxidation sites excluding steroid dienone is 1. The average Bonchev–Trinajstić information content (AvgIpc) is 3.23. The summed E-state index contributed by atoms with van der Waals surface area (Å²) < 4.78 is 26.2. The van der Waals surface area contributed by atoms with Gasteiger partial charge < -0.3 is 4.90 Å². The molecule has 1 saturated heterocycles. The van der Waals surface area contributed by atoms with E-state index in [-0.39, 0.29) is 29.2 Å². The zero-order valence-corrected chi connectivity index (χ0v) is 18.6. The third-order valence-electron chi connectivity index (χ3n) is 4.61. The number of hydrogen-bond donors (Lipinski definition) is 0. The fourth-order valence-electron chi connectivity index (χ4n) is 3.01. The van der Waals surface area contributed by atoms with Crippen molar-refractivity contribution < 1.29 is 13.2 Å². The molecule has 0 unspecified atom stereocenters. The van der Waals surface area contributed by atoms with Gasteiger partial charge in [0.1, 0.15) is 0 Å². The molecule has 7 nitrogen and oxygen atoms in total. The lowest BCUT2D eigenvalue weighted by molar-refractivity contribution is -0.128. The number of amides is 1. The highest BCUT2D eigenvalue weighted by Crippen LogP contribution is 2.26. The Morgan fingerprint density at radius 1 is 1.39 bits per heavy atom. The molecule has 3 rings (SSSR count). The van der Waals surface area contributed by atoms with Crippen LogP contribution >= 0.6 is 27.7 Å². The van der Waals surface area contributed by atoms with Gasteiger partial charge in [0.2, 0.25) is 5.91 Å². The van der Waals surface area contributed by atoms with Gasteiger partial charge in [0, 0.05) is 29.7 Å². The molecule has 0 N–H and O–H groups in total. The van der Waals surface area contributed by atoms with Gasteiger partial charge in [-0.3, -0.25) is 9.36 Å². The van der Waals surface area contributed by atoms with Gasteiger partial charge in [-0.05, 0) is 18.6 Å². The predicted molar refractivity (Wildman–Crippen MR) is 114 cm³/mol. The Bertz CT molecular complexity index is 973. The van der Waals surface area contributed by atoms with Gasteiger partial charge in [0.05, 0.1) is 17.3 Å². The van der Waals surface area contributed by atoms with Gasteiger partial charge >= 0.3 is 0 Å². The van der Waals surface area contributed by atoms with Crippen molar-refractivity contribution in [2.24, 2.45) is 0 Å². The topological polar surface area (TPSA) is 85.2 Å². The summed E-state index contributed by atoms with van der Waals surface area (Å²) in [6.07, 6.45) is 2.25. The largest absolute Gasteiger partial charge is 0.341 e. The fourth-order valence-corrected chi connectivity index (χ4v) is 5.92. The highest BCUT2D eigenvalue weighted by molar-refractivity contribution is 9.10. The second-order valence-corrected chi connectivity index (χ2v) is 10.6. The molecular weight excluding hydrogens is 464 g/mol. The van der Waals surface area contributed by atoms with Crippen LogP contribution in [0.5, 0.6) is 0 Å². The Balaban J connectivity index is 1.71. The zero-order chi connectivity index (χ0) is 20.3. The summed E-state index contributed by atoms with van der Waals surface area (Å²) in [6.45, 7) is 4.31. The van der Waals surface area contributed by atoms with Crippen LogP contribution in [0, 0.1) is 0 Å². The van der Waals surface area contributed by atoms with E-state index >= 15 is 0 Å². The third-order valence-corrected chi connectivity index (χ3v) is 7.84. The molecule has 1 fully saturated rings. The first-order chi connectivity index (χ1) is 13.3. The predicted octanol–water partition coefficient (Wildman–Crippen LogP) is 2.63. The number of carbonyl (C=O) groups is 1. The van der Waals surface area contributed by atoms with Crippen molar-refractivity contribution >= 4 is 43.4 Å². The fraction of sp³-hybridized carbons (Fsp3) is 0.389. The third kappa shape index (κ3) is 4.84. The van der Waals surface area contributed by atoms with Crippen molar-refractivity contribution in [2.75, 3.05) is 24.3 Å². The van der Waals surface area contributed by atoms with Crippen LogP contribution in [-0.2, 0) is 21.2 Å². The Morgan fingerprint density at radius 2 is 2.11 bits per heavy atom. The minimum atomic E-state index is -3.03. The molecule has 0 aliphatic carbocycles. The molecule has 0 spiro atoms. The Hall–Kier alpha value is -1.65. The molecule has 2 heterocycles. The minimum absolute atomic E-state index is 0.0419. The van der Waals surface area contributed by atoms with E-state index in [1.165, 1.54) is 11.8 Å². The van der Waals surface area contributed by atoms with E-state index in [0.717, 1.165) is 10.0 Å². The molecule has 150 valence electrons. The molecule has 1 aliphatic rings. The number of halogens is 1. The number of thioether (sulfide) groups is 1. The molecule has 0 bridgehead atoms. The van der Waals surface area contributed by atoms with Crippen molar-refractivity contribution in [1.82, 2.24) is 19.7 Å². The molecule has 0 radical (unpaired) electrons. The highest BCUT2D eigenvalue weighted by Gasteiger charge is 2.32. The molecule has 1 atom stereocenters. The van der Waals surface area contributed by atoms with Crippen LogP contribution < -0.4 is 0 Å². The smallest absolute Gasteiger partial charge is 0.233 e. The lowest BCUT2D eigenvalue weighted by Crippen LogP contribution is -2.38. The van der Waals surface area contributed by atoms with Crippen LogP contribution in [0.2, 0.25) is 0 Å². The summed E-state index contributed by atoms with van der Waals surface area (Å²) in [5.74, 6) is 0.943. The van der Waals surface area contributed by atoms with E-state index in [1.807, 2.05) is 28.8 Å². The maximum atomic E-state index is 12.5. The van der Waals surface area contributed by atoms with Crippen LogP contribution in [0.1, 0.15) is 6.42 Å². The molecular formula is C18H21BrN4O3S2. The number of hydrogen-bond acceptors (Lipinski definition) is 6. The summed E-state index contributed by atoms with van der Waals surface area (Å²) in [7, 11) is -1.36. The summed E-state index contributed by atoms with van der Waals surface area (Å²) in [5, 5.41) is 9.14. The molecule has 0 saturated carbocycles. The van der Waals surface area contributed by atoms with Crippen LogP contribution in [0.25, 0.3) is 11.4 Å². The number of carbonyl (C=O) groups excluding carboxylic acids is 1.